The lowest BCUT2D eigenvalue weighted by Gasteiger charge is -2.29. The van der Waals surface area contributed by atoms with Crippen molar-refractivity contribution in [3.05, 3.63) is 121 Å². The maximum atomic E-state index is 6.76. The molecule has 0 saturated heterocycles. The minimum Gasteiger partial charge on any atom is -0.431 e. The molecule has 0 spiro atoms. The summed E-state index contributed by atoms with van der Waals surface area (Å²) in [7, 11) is -15.0. The Hall–Kier alpha value is -3.16. The quantitative estimate of drug-likeness (QED) is 0.143. The molecule has 0 amide bonds. The van der Waals surface area contributed by atoms with Crippen LogP contribution >= 0.6 is 30.3 Å². The Morgan fingerprint density at radius 2 is 0.700 bits per heavy atom. The third-order valence-electron chi connectivity index (χ3n) is 4.93. The molecule has 0 aromatic heterocycles. The molecule has 12 nitrogen and oxygen atoms in total. The summed E-state index contributed by atoms with van der Waals surface area (Å²) in [6.07, 6.45) is 0. The summed E-state index contributed by atoms with van der Waals surface area (Å²) in [5.41, 5.74) is 26.3. The highest BCUT2D eigenvalue weighted by atomic mass is 31.3. The summed E-state index contributed by atoms with van der Waals surface area (Å²) < 4.78 is 43.7. The molecule has 0 fully saturated rings. The van der Waals surface area contributed by atoms with Crippen LogP contribution in [-0.4, -0.2) is 0 Å². The van der Waals surface area contributed by atoms with E-state index in [1.807, 2.05) is 24.3 Å². The maximum Gasteiger partial charge on any atom is 0.457 e. The third kappa shape index (κ3) is 7.52. The molecular weight excluding hydrogens is 588 g/mol. The van der Waals surface area contributed by atoms with Crippen molar-refractivity contribution in [2.24, 2.45) is 40.1 Å². The molecule has 1 heterocycles. The molecule has 5 rings (SSSR count). The normalized spacial score (nSPS) is 22.9. The minimum atomic E-state index is -3.91. The zero-order valence-electron chi connectivity index (χ0n) is 21.1. The lowest BCUT2D eigenvalue weighted by molar-refractivity contribution is 0.475. The molecule has 4 aromatic rings. The molecule has 8 N–H and O–H groups in total. The van der Waals surface area contributed by atoms with Crippen LogP contribution in [-0.2, 0) is 0 Å². The lowest BCUT2D eigenvalue weighted by atomic mass is 10.3. The van der Waals surface area contributed by atoms with Gasteiger partial charge in [0.05, 0.1) is 0 Å². The molecule has 2 atom stereocenters. The van der Waals surface area contributed by atoms with Crippen molar-refractivity contribution < 1.29 is 18.1 Å². The first-order valence-corrected chi connectivity index (χ1v) is 18.5. The average Bonchev–Trinajstić information content (AvgIpc) is 2.89. The summed E-state index contributed by atoms with van der Waals surface area (Å²) in [6.45, 7) is 0. The van der Waals surface area contributed by atoms with E-state index in [9.17, 15) is 0 Å². The predicted molar refractivity (Wildman–Crippen MR) is 162 cm³/mol. The van der Waals surface area contributed by atoms with Gasteiger partial charge in [-0.15, -0.1) is 9.03 Å². The Balaban J connectivity index is 1.79. The van der Waals surface area contributed by atoms with Gasteiger partial charge in [0.25, 0.3) is 0 Å². The summed E-state index contributed by atoms with van der Waals surface area (Å²) >= 11 is 0. The first-order chi connectivity index (χ1) is 19.1. The van der Waals surface area contributed by atoms with Crippen LogP contribution in [0.2, 0.25) is 0 Å². The van der Waals surface area contributed by atoms with Crippen molar-refractivity contribution >= 4 is 30.3 Å². The van der Waals surface area contributed by atoms with E-state index in [0.29, 0.717) is 23.0 Å². The number of hydrogen-bond donors (Lipinski definition) is 4. The monoisotopic (exact) mass is 616 g/mol. The minimum absolute atomic E-state index is 0.387. The smallest absolute Gasteiger partial charge is 0.431 e. The third-order valence-corrected chi connectivity index (χ3v) is 15.0. The van der Waals surface area contributed by atoms with Crippen LogP contribution in [0.15, 0.2) is 139 Å². The van der Waals surface area contributed by atoms with Crippen molar-refractivity contribution in [1.82, 2.24) is 0 Å². The van der Waals surface area contributed by atoms with Crippen LogP contribution in [0.4, 0.5) is 0 Å². The molecule has 1 aliphatic rings. The van der Waals surface area contributed by atoms with Crippen LogP contribution in [0.1, 0.15) is 0 Å². The zero-order chi connectivity index (χ0) is 28.1. The summed E-state index contributed by atoms with van der Waals surface area (Å²) in [6, 6.07) is 35.3. The van der Waals surface area contributed by atoms with Crippen LogP contribution in [0.25, 0.3) is 0 Å². The number of nitrogens with two attached hydrogens (primary N) is 4. The second-order valence-electron chi connectivity index (χ2n) is 8.34. The molecule has 4 aromatic carbocycles. The van der Waals surface area contributed by atoms with E-state index >= 15 is 0 Å². The fraction of sp³-hybridized carbons (Fsp3) is 0. The number of nitrogens with zero attached hydrogens (tertiary/aromatic N) is 4. The number of rotatable bonds is 8. The van der Waals surface area contributed by atoms with Crippen LogP contribution in [0.5, 0.6) is 23.0 Å². The van der Waals surface area contributed by atoms with Gasteiger partial charge >= 0.3 is 22.8 Å². The molecule has 1 aliphatic heterocycles. The average molecular weight is 616 g/mol. The Morgan fingerprint density at radius 1 is 0.375 bits per heavy atom. The summed E-state index contributed by atoms with van der Waals surface area (Å²) in [5.74, 6) is 1.55. The molecule has 16 heteroatoms. The van der Waals surface area contributed by atoms with Gasteiger partial charge in [-0.25, -0.2) is 11.0 Å². The summed E-state index contributed by atoms with van der Waals surface area (Å²) in [5, 5.41) is 0. The number of para-hydroxylation sites is 4. The van der Waals surface area contributed by atoms with Gasteiger partial charge in [-0.05, 0) is 48.5 Å². The van der Waals surface area contributed by atoms with Crippen molar-refractivity contribution in [3.63, 3.8) is 0 Å². The summed E-state index contributed by atoms with van der Waals surface area (Å²) in [4.78, 5) is 0. The maximum absolute atomic E-state index is 6.76. The van der Waals surface area contributed by atoms with E-state index in [2.05, 4.69) is 9.03 Å². The first kappa shape index (κ1) is 28.4. The van der Waals surface area contributed by atoms with Gasteiger partial charge in [-0.2, -0.15) is 9.03 Å². The fourth-order valence-electron chi connectivity index (χ4n) is 3.48. The van der Waals surface area contributed by atoms with E-state index in [1.165, 1.54) is 0 Å². The number of benzene rings is 4. The predicted octanol–water partition coefficient (Wildman–Crippen LogP) is 7.94. The van der Waals surface area contributed by atoms with Crippen LogP contribution < -0.4 is 40.1 Å². The Kier molecular flexibility index (Phi) is 8.34. The lowest BCUT2D eigenvalue weighted by Crippen LogP contribution is -2.13. The van der Waals surface area contributed by atoms with Crippen LogP contribution in [0.3, 0.4) is 0 Å². The zero-order valence-corrected chi connectivity index (χ0v) is 24.6. The second-order valence-corrected chi connectivity index (χ2v) is 16.7. The standard InChI is InChI=1S/C24H28N8O4P4/c25-37(26)29-38(27,33-21-13-5-1-6-14-21)31-40(35-23-17-9-3-10-18-23,36-24-19-11-4-12-20-24)32-39(28,30-37)34-22-15-7-2-8-16-22/h1-20H,25-28H2. The molecule has 0 radical (unpaired) electrons. The van der Waals surface area contributed by atoms with Gasteiger partial charge in [-0.3, -0.25) is 11.0 Å². The van der Waals surface area contributed by atoms with Crippen LogP contribution in [0, 0.1) is 0 Å². The van der Waals surface area contributed by atoms with E-state index in [1.54, 1.807) is 97.1 Å². The van der Waals surface area contributed by atoms with Gasteiger partial charge in [0.2, 0.25) is 7.51 Å². The fourth-order valence-corrected chi connectivity index (χ4v) is 14.1. The Labute approximate surface area is 232 Å². The van der Waals surface area contributed by atoms with Gasteiger partial charge in [0, 0.05) is 0 Å². The largest absolute Gasteiger partial charge is 0.457 e. The van der Waals surface area contributed by atoms with Crippen molar-refractivity contribution in [2.75, 3.05) is 0 Å². The topological polar surface area (TPSA) is 190 Å². The van der Waals surface area contributed by atoms with Gasteiger partial charge in [-0.1, -0.05) is 72.8 Å². The van der Waals surface area contributed by atoms with E-state index in [-0.39, 0.29) is 0 Å². The van der Waals surface area contributed by atoms with Crippen molar-refractivity contribution in [2.45, 2.75) is 0 Å². The highest BCUT2D eigenvalue weighted by Gasteiger charge is 2.39. The molecule has 40 heavy (non-hydrogen) atoms. The highest BCUT2D eigenvalue weighted by molar-refractivity contribution is 7.81. The molecular formula is C24H28N8O4P4. The molecule has 0 aliphatic carbocycles. The Morgan fingerprint density at radius 3 is 1.07 bits per heavy atom. The SMILES string of the molecule is NP1(N)=NP(N)(Oc2ccccc2)=NP(Oc2ccccc2)(Oc2ccccc2)=NP(N)(Oc2ccccc2)=N1. The van der Waals surface area contributed by atoms with Crippen molar-refractivity contribution in [3.8, 4) is 23.0 Å². The van der Waals surface area contributed by atoms with E-state index < -0.39 is 30.3 Å². The first-order valence-electron chi connectivity index (χ1n) is 11.8. The van der Waals surface area contributed by atoms with Gasteiger partial charge in [0.1, 0.15) is 23.0 Å². The van der Waals surface area contributed by atoms with Gasteiger partial charge in [0.15, 0.2) is 0 Å². The molecule has 208 valence electrons. The van der Waals surface area contributed by atoms with E-state index in [0.717, 1.165) is 0 Å². The highest BCUT2D eigenvalue weighted by Crippen LogP contribution is 2.72. The number of hydrogen-bond acceptors (Lipinski definition) is 12. The van der Waals surface area contributed by atoms with Crippen molar-refractivity contribution in [1.29, 1.82) is 0 Å². The molecule has 2 unspecified atom stereocenters. The van der Waals surface area contributed by atoms with E-state index in [4.69, 9.17) is 49.1 Å². The van der Waals surface area contributed by atoms with Gasteiger partial charge < -0.3 is 18.1 Å². The molecule has 0 saturated carbocycles. The Bertz CT molecular complexity index is 1600. The molecule has 0 bridgehead atoms. The second kappa shape index (κ2) is 11.8.